The van der Waals surface area contributed by atoms with Crippen molar-refractivity contribution in [2.45, 2.75) is 37.6 Å². The summed E-state index contributed by atoms with van der Waals surface area (Å²) in [5.74, 6) is 1.56. The van der Waals surface area contributed by atoms with Gasteiger partial charge in [0.2, 0.25) is 5.91 Å². The topological polar surface area (TPSA) is 79.9 Å². The van der Waals surface area contributed by atoms with Crippen molar-refractivity contribution >= 4 is 5.91 Å². The van der Waals surface area contributed by atoms with Crippen molar-refractivity contribution in [2.75, 3.05) is 7.11 Å². The third-order valence-corrected chi connectivity index (χ3v) is 5.58. The minimum absolute atomic E-state index is 0.0518. The van der Waals surface area contributed by atoms with E-state index in [-0.39, 0.29) is 18.3 Å². The van der Waals surface area contributed by atoms with Crippen molar-refractivity contribution in [3.05, 3.63) is 65.7 Å². The Labute approximate surface area is 168 Å². The molecule has 0 spiro atoms. The number of carbonyl (C=O) groups is 1. The lowest BCUT2D eigenvalue weighted by molar-refractivity contribution is -0.126. The molecule has 1 fully saturated rings. The molecule has 6 nitrogen and oxygen atoms in total. The van der Waals surface area contributed by atoms with Gasteiger partial charge in [-0.25, -0.2) is 9.37 Å². The van der Waals surface area contributed by atoms with E-state index in [1.54, 1.807) is 19.2 Å². The Morgan fingerprint density at radius 2 is 1.83 bits per heavy atom. The molecule has 3 aromatic rings. The number of carbonyl (C=O) groups excluding carboxylic acids is 1. The summed E-state index contributed by atoms with van der Waals surface area (Å²) in [5.41, 5.74) is 1.12. The van der Waals surface area contributed by atoms with E-state index in [1.165, 1.54) is 12.1 Å². The maximum absolute atomic E-state index is 13.3. The Hall–Kier alpha value is -3.22. The van der Waals surface area contributed by atoms with Crippen LogP contribution in [0.5, 0.6) is 5.75 Å². The molecule has 4 rings (SSSR count). The highest BCUT2D eigenvalue weighted by Crippen LogP contribution is 2.41. The van der Waals surface area contributed by atoms with Crippen LogP contribution in [-0.2, 0) is 16.8 Å². The highest BCUT2D eigenvalue weighted by atomic mass is 19.1. The van der Waals surface area contributed by atoms with Crippen LogP contribution in [0, 0.1) is 5.82 Å². The van der Waals surface area contributed by atoms with Crippen LogP contribution in [0.4, 0.5) is 4.39 Å². The first-order chi connectivity index (χ1) is 14.1. The zero-order valence-electron chi connectivity index (χ0n) is 16.2. The van der Waals surface area contributed by atoms with Crippen LogP contribution in [-0.4, -0.2) is 28.2 Å². The summed E-state index contributed by atoms with van der Waals surface area (Å²) in [6, 6.07) is 13.7. The first-order valence-electron chi connectivity index (χ1n) is 9.71. The normalized spacial score (nSPS) is 15.2. The number of amides is 1. The van der Waals surface area contributed by atoms with Crippen molar-refractivity contribution in [3.8, 4) is 17.1 Å². The average molecular weight is 394 g/mol. The Bertz CT molecular complexity index is 977. The smallest absolute Gasteiger partial charge is 0.231 e. The molecule has 1 aliphatic carbocycles. The molecule has 7 heteroatoms. The summed E-state index contributed by atoms with van der Waals surface area (Å²) >= 11 is 0. The Morgan fingerprint density at radius 1 is 1.14 bits per heavy atom. The average Bonchev–Trinajstić information content (AvgIpc) is 3.43. The van der Waals surface area contributed by atoms with Gasteiger partial charge >= 0.3 is 0 Å². The molecule has 1 saturated carbocycles. The molecule has 0 bridgehead atoms. The fourth-order valence-electron chi connectivity index (χ4n) is 3.97. The fraction of sp³-hybridized carbons (Fsp3) is 0.318. The predicted molar refractivity (Wildman–Crippen MR) is 107 cm³/mol. The van der Waals surface area contributed by atoms with E-state index in [0.29, 0.717) is 11.6 Å². The maximum Gasteiger partial charge on any atom is 0.231 e. The lowest BCUT2D eigenvalue weighted by atomic mass is 9.78. The Balaban J connectivity index is 1.46. The SMILES string of the molecule is COc1ccc(-c2n[nH]c(CNC(=O)C3(c4ccc(F)cc4)CCCC3)n2)cc1. The van der Waals surface area contributed by atoms with Gasteiger partial charge in [-0.3, -0.25) is 9.89 Å². The van der Waals surface area contributed by atoms with Crippen LogP contribution in [0.2, 0.25) is 0 Å². The van der Waals surface area contributed by atoms with Crippen molar-refractivity contribution in [2.24, 2.45) is 0 Å². The number of aromatic nitrogens is 3. The molecular weight excluding hydrogens is 371 g/mol. The van der Waals surface area contributed by atoms with Gasteiger partial charge in [0.25, 0.3) is 0 Å². The first kappa shape index (κ1) is 19.1. The molecule has 29 heavy (non-hydrogen) atoms. The van der Waals surface area contributed by atoms with Crippen LogP contribution in [0.25, 0.3) is 11.4 Å². The Kier molecular flexibility index (Phi) is 5.29. The molecule has 1 heterocycles. The maximum atomic E-state index is 13.3. The van der Waals surface area contributed by atoms with E-state index in [2.05, 4.69) is 20.5 Å². The van der Waals surface area contributed by atoms with E-state index in [0.717, 1.165) is 42.6 Å². The number of nitrogens with one attached hydrogen (secondary N) is 2. The summed E-state index contributed by atoms with van der Waals surface area (Å²) in [4.78, 5) is 17.6. The van der Waals surface area contributed by atoms with Gasteiger partial charge < -0.3 is 10.1 Å². The number of hydrogen-bond acceptors (Lipinski definition) is 4. The lowest BCUT2D eigenvalue weighted by Crippen LogP contribution is -2.42. The van der Waals surface area contributed by atoms with Gasteiger partial charge in [-0.05, 0) is 54.8 Å². The highest BCUT2D eigenvalue weighted by Gasteiger charge is 2.42. The van der Waals surface area contributed by atoms with Gasteiger partial charge in [0.1, 0.15) is 17.4 Å². The largest absolute Gasteiger partial charge is 0.497 e. The van der Waals surface area contributed by atoms with Gasteiger partial charge in [0.05, 0.1) is 19.1 Å². The summed E-state index contributed by atoms with van der Waals surface area (Å²) in [5, 5.41) is 10.1. The highest BCUT2D eigenvalue weighted by molar-refractivity contribution is 5.88. The molecule has 150 valence electrons. The lowest BCUT2D eigenvalue weighted by Gasteiger charge is -2.28. The van der Waals surface area contributed by atoms with Crippen LogP contribution < -0.4 is 10.1 Å². The van der Waals surface area contributed by atoms with Crippen molar-refractivity contribution in [1.29, 1.82) is 0 Å². The summed E-state index contributed by atoms with van der Waals surface area (Å²) in [6.45, 7) is 0.255. The minimum Gasteiger partial charge on any atom is -0.497 e. The zero-order chi connectivity index (χ0) is 20.3. The van der Waals surface area contributed by atoms with Crippen LogP contribution in [0.15, 0.2) is 48.5 Å². The molecule has 2 aromatic carbocycles. The number of benzene rings is 2. The summed E-state index contributed by atoms with van der Waals surface area (Å²) in [6.07, 6.45) is 3.49. The number of H-pyrrole nitrogens is 1. The summed E-state index contributed by atoms with van der Waals surface area (Å²) < 4.78 is 18.5. The molecule has 0 aliphatic heterocycles. The van der Waals surface area contributed by atoms with E-state index < -0.39 is 5.41 Å². The standard InChI is InChI=1S/C22H23FN4O2/c1-29-18-10-4-15(5-11-18)20-25-19(26-27-20)14-24-21(28)22(12-2-3-13-22)16-6-8-17(23)9-7-16/h4-11H,2-3,12-14H2,1H3,(H,24,28)(H,25,26,27). The molecule has 1 aromatic heterocycles. The number of ether oxygens (including phenoxy) is 1. The van der Waals surface area contributed by atoms with Crippen molar-refractivity contribution < 1.29 is 13.9 Å². The molecule has 1 aliphatic rings. The van der Waals surface area contributed by atoms with Gasteiger partial charge in [0, 0.05) is 5.56 Å². The van der Waals surface area contributed by atoms with Gasteiger partial charge in [-0.1, -0.05) is 25.0 Å². The van der Waals surface area contributed by atoms with Crippen LogP contribution in [0.1, 0.15) is 37.1 Å². The molecular formula is C22H23FN4O2. The quantitative estimate of drug-likeness (QED) is 0.667. The number of nitrogens with zero attached hydrogens (tertiary/aromatic N) is 2. The van der Waals surface area contributed by atoms with E-state index >= 15 is 0 Å². The molecule has 2 N–H and O–H groups in total. The van der Waals surface area contributed by atoms with Crippen molar-refractivity contribution in [3.63, 3.8) is 0 Å². The van der Waals surface area contributed by atoms with Crippen LogP contribution in [0.3, 0.4) is 0 Å². The molecule has 0 saturated heterocycles. The van der Waals surface area contributed by atoms with Gasteiger partial charge in [0.15, 0.2) is 5.82 Å². The molecule has 1 amide bonds. The third kappa shape index (κ3) is 3.85. The molecule has 0 radical (unpaired) electrons. The summed E-state index contributed by atoms with van der Waals surface area (Å²) in [7, 11) is 1.62. The zero-order valence-corrected chi connectivity index (χ0v) is 16.2. The minimum atomic E-state index is -0.605. The van der Waals surface area contributed by atoms with E-state index in [9.17, 15) is 9.18 Å². The second-order valence-corrected chi connectivity index (χ2v) is 7.31. The van der Waals surface area contributed by atoms with Gasteiger partial charge in [-0.15, -0.1) is 0 Å². The van der Waals surface area contributed by atoms with E-state index in [1.807, 2.05) is 24.3 Å². The van der Waals surface area contributed by atoms with Gasteiger partial charge in [-0.2, -0.15) is 5.10 Å². The number of hydrogen-bond donors (Lipinski definition) is 2. The second kappa shape index (κ2) is 8.03. The number of aromatic amines is 1. The predicted octanol–water partition coefficient (Wildman–Crippen LogP) is 3.75. The molecule has 0 unspecified atom stereocenters. The second-order valence-electron chi connectivity index (χ2n) is 7.31. The number of halogens is 1. The number of methoxy groups -OCH3 is 1. The Morgan fingerprint density at radius 3 is 2.48 bits per heavy atom. The third-order valence-electron chi connectivity index (χ3n) is 5.58. The van der Waals surface area contributed by atoms with Crippen molar-refractivity contribution in [1.82, 2.24) is 20.5 Å². The fourth-order valence-corrected chi connectivity index (χ4v) is 3.97. The monoisotopic (exact) mass is 394 g/mol. The van der Waals surface area contributed by atoms with E-state index in [4.69, 9.17) is 4.74 Å². The number of rotatable bonds is 6. The first-order valence-corrected chi connectivity index (χ1v) is 9.71. The van der Waals surface area contributed by atoms with Crippen LogP contribution >= 0.6 is 0 Å². The molecule has 0 atom stereocenters.